The van der Waals surface area contributed by atoms with E-state index in [-0.39, 0.29) is 22.9 Å². The third kappa shape index (κ3) is 3.92. The van der Waals surface area contributed by atoms with Crippen LogP contribution in [-0.2, 0) is 17.7 Å². The van der Waals surface area contributed by atoms with Crippen LogP contribution in [0.15, 0.2) is 23.1 Å². The van der Waals surface area contributed by atoms with Gasteiger partial charge in [-0.05, 0) is 50.3 Å². The van der Waals surface area contributed by atoms with Crippen molar-refractivity contribution in [3.05, 3.63) is 51.1 Å². The van der Waals surface area contributed by atoms with E-state index in [1.54, 1.807) is 17.7 Å². The largest absolute Gasteiger partial charge is 0.378 e. The van der Waals surface area contributed by atoms with Crippen LogP contribution < -0.4 is 10.9 Å². The van der Waals surface area contributed by atoms with Crippen molar-refractivity contribution in [2.45, 2.75) is 64.6 Å². The maximum absolute atomic E-state index is 13.4. The molecule has 35 heavy (non-hydrogen) atoms. The van der Waals surface area contributed by atoms with Crippen molar-refractivity contribution < 1.29 is 9.53 Å². The third-order valence-corrected chi connectivity index (χ3v) is 7.72. The number of ether oxygens (including phenoxy) is 1. The van der Waals surface area contributed by atoms with Gasteiger partial charge in [0.1, 0.15) is 11.5 Å². The number of Topliss-reactive ketones (excluding diaryl/α,β-unsaturated/α-hetero) is 1. The first kappa shape index (κ1) is 22.3. The average molecular weight is 475 g/mol. The number of carbonyl (C=O) groups excluding carboxylic acids is 1. The van der Waals surface area contributed by atoms with Crippen LogP contribution in [0.1, 0.15) is 65.8 Å². The summed E-state index contributed by atoms with van der Waals surface area (Å²) in [5, 5.41) is 3.99. The number of rotatable bonds is 5. The second kappa shape index (κ2) is 8.80. The molecule has 2 fully saturated rings. The van der Waals surface area contributed by atoms with Crippen LogP contribution in [0.25, 0.3) is 11.0 Å². The molecule has 0 amide bonds. The van der Waals surface area contributed by atoms with E-state index in [2.05, 4.69) is 21.3 Å². The summed E-state index contributed by atoms with van der Waals surface area (Å²) >= 11 is 0. The van der Waals surface area contributed by atoms with Gasteiger partial charge in [0.05, 0.1) is 30.5 Å². The summed E-state index contributed by atoms with van der Waals surface area (Å²) in [7, 11) is 0. The molecule has 5 heterocycles. The fourth-order valence-corrected chi connectivity index (χ4v) is 5.67. The number of aryl methyl sites for hydroxylation is 1. The van der Waals surface area contributed by atoms with Gasteiger partial charge in [-0.3, -0.25) is 19.1 Å². The number of pyridine rings is 2. The average Bonchev–Trinajstić information content (AvgIpc) is 3.32. The Morgan fingerprint density at radius 3 is 2.66 bits per heavy atom. The van der Waals surface area contributed by atoms with E-state index in [0.29, 0.717) is 29.0 Å². The molecule has 9 nitrogen and oxygen atoms in total. The van der Waals surface area contributed by atoms with Crippen molar-refractivity contribution in [1.82, 2.24) is 24.4 Å². The maximum atomic E-state index is 13.4. The molecule has 0 unspecified atom stereocenters. The summed E-state index contributed by atoms with van der Waals surface area (Å²) in [5.41, 5.74) is 3.56. The molecule has 1 aliphatic carbocycles. The molecule has 0 aromatic carbocycles. The molecule has 182 valence electrons. The zero-order valence-corrected chi connectivity index (χ0v) is 20.2. The number of hydrogen-bond acceptors (Lipinski definition) is 8. The molecule has 0 spiro atoms. The van der Waals surface area contributed by atoms with Crippen molar-refractivity contribution in [2.75, 3.05) is 25.1 Å². The quantitative estimate of drug-likeness (QED) is 0.562. The highest BCUT2D eigenvalue weighted by molar-refractivity contribution is 5.99. The Bertz CT molecular complexity index is 1370. The molecule has 1 saturated heterocycles. The van der Waals surface area contributed by atoms with Gasteiger partial charge in [-0.1, -0.05) is 18.9 Å². The molecule has 0 atom stereocenters. The van der Waals surface area contributed by atoms with Crippen molar-refractivity contribution in [3.63, 3.8) is 0 Å². The van der Waals surface area contributed by atoms with E-state index in [1.807, 2.05) is 6.07 Å². The van der Waals surface area contributed by atoms with Crippen molar-refractivity contribution in [1.29, 1.82) is 0 Å². The number of aromatic nitrogens is 4. The van der Waals surface area contributed by atoms with Gasteiger partial charge in [0, 0.05) is 30.7 Å². The molecule has 0 radical (unpaired) electrons. The van der Waals surface area contributed by atoms with Crippen LogP contribution in [0, 0.1) is 6.92 Å². The first-order valence-corrected chi connectivity index (χ1v) is 12.5. The Kier molecular flexibility index (Phi) is 5.61. The summed E-state index contributed by atoms with van der Waals surface area (Å²) in [6.07, 6.45) is 6.67. The minimum Gasteiger partial charge on any atom is -0.378 e. The molecule has 3 aromatic heterocycles. The van der Waals surface area contributed by atoms with Crippen LogP contribution in [-0.4, -0.2) is 56.0 Å². The van der Waals surface area contributed by atoms with E-state index in [1.165, 1.54) is 12.5 Å². The van der Waals surface area contributed by atoms with Crippen molar-refractivity contribution in [3.8, 4) is 0 Å². The number of hydrogen-bond donors (Lipinski definition) is 1. The Hall–Kier alpha value is -3.17. The van der Waals surface area contributed by atoms with Crippen LogP contribution in [0.5, 0.6) is 0 Å². The van der Waals surface area contributed by atoms with Crippen molar-refractivity contribution >= 4 is 28.6 Å². The van der Waals surface area contributed by atoms with E-state index in [0.717, 1.165) is 69.5 Å². The number of anilines is 2. The lowest BCUT2D eigenvalue weighted by atomic mass is 10.0. The highest BCUT2D eigenvalue weighted by Crippen LogP contribution is 2.32. The summed E-state index contributed by atoms with van der Waals surface area (Å²) < 4.78 is 7.10. The van der Waals surface area contributed by atoms with Gasteiger partial charge >= 0.3 is 0 Å². The number of nitrogens with one attached hydrogen (secondary N) is 1. The molecule has 6 rings (SSSR count). The third-order valence-electron chi connectivity index (χ3n) is 7.72. The van der Waals surface area contributed by atoms with Gasteiger partial charge in [0.2, 0.25) is 5.95 Å². The highest BCUT2D eigenvalue weighted by atomic mass is 16.5. The zero-order valence-electron chi connectivity index (χ0n) is 20.2. The Morgan fingerprint density at radius 1 is 1.14 bits per heavy atom. The van der Waals surface area contributed by atoms with Crippen LogP contribution in [0.3, 0.4) is 0 Å². The molecule has 2 aliphatic heterocycles. The normalized spacial score (nSPS) is 19.0. The molecule has 9 heteroatoms. The topological polar surface area (TPSA) is 102 Å². The first-order valence-electron chi connectivity index (χ1n) is 12.5. The second-order valence-electron chi connectivity index (χ2n) is 9.94. The van der Waals surface area contributed by atoms with Gasteiger partial charge in [-0.25, -0.2) is 9.97 Å². The molecule has 1 saturated carbocycles. The molecular weight excluding hydrogens is 444 g/mol. The van der Waals surface area contributed by atoms with Crippen LogP contribution in [0.4, 0.5) is 11.8 Å². The molecular formula is C26H30N6O3. The minimum atomic E-state index is -0.244. The predicted octanol–water partition coefficient (Wildman–Crippen LogP) is 3.31. The first-order chi connectivity index (χ1) is 17.0. The standard InChI is InChI=1S/C26H30N6O3/c1-15-20-11-27-26(30-24(20)32(18-5-3-4-6-18)25(34)23(15)16(2)33)29-22-8-7-17-9-10-31(12-21(17)28-22)19-13-35-14-19/h7-8,11,18-19H,3-6,9-10,12-14H2,1-2H3,(H,27,28,29,30). The van der Waals surface area contributed by atoms with Crippen LogP contribution in [0.2, 0.25) is 0 Å². The molecule has 1 N–H and O–H groups in total. The fraction of sp³-hybridized carbons (Fsp3) is 0.500. The monoisotopic (exact) mass is 474 g/mol. The number of ketones is 1. The lowest BCUT2D eigenvalue weighted by molar-refractivity contribution is -0.0699. The SMILES string of the molecule is CC(=O)c1c(C)c2cnc(Nc3ccc4c(n3)CN(C3COC3)CC4)nc2n(C2CCCC2)c1=O. The van der Waals surface area contributed by atoms with Crippen LogP contribution >= 0.6 is 0 Å². The lowest BCUT2D eigenvalue weighted by Crippen LogP contribution is -2.50. The highest BCUT2D eigenvalue weighted by Gasteiger charge is 2.30. The summed E-state index contributed by atoms with van der Waals surface area (Å²) in [6, 6.07) is 4.62. The zero-order chi connectivity index (χ0) is 24.1. The van der Waals surface area contributed by atoms with Gasteiger partial charge < -0.3 is 10.1 Å². The van der Waals surface area contributed by atoms with Gasteiger partial charge in [-0.15, -0.1) is 0 Å². The van der Waals surface area contributed by atoms with Gasteiger partial charge in [-0.2, -0.15) is 4.98 Å². The van der Waals surface area contributed by atoms with Crippen molar-refractivity contribution in [2.24, 2.45) is 0 Å². The summed E-state index contributed by atoms with van der Waals surface area (Å²) in [4.78, 5) is 42.3. The lowest BCUT2D eigenvalue weighted by Gasteiger charge is -2.39. The summed E-state index contributed by atoms with van der Waals surface area (Å²) in [6.45, 7) is 6.69. The number of carbonyl (C=O) groups is 1. The Balaban J connectivity index is 1.37. The summed E-state index contributed by atoms with van der Waals surface area (Å²) in [5.74, 6) is 0.858. The minimum absolute atomic E-state index is 0.0507. The smallest absolute Gasteiger partial charge is 0.263 e. The van der Waals surface area contributed by atoms with Gasteiger partial charge in [0.25, 0.3) is 5.56 Å². The number of nitrogens with zero attached hydrogens (tertiary/aromatic N) is 5. The van der Waals surface area contributed by atoms with Gasteiger partial charge in [0.15, 0.2) is 5.78 Å². The Morgan fingerprint density at radius 2 is 1.94 bits per heavy atom. The van der Waals surface area contributed by atoms with E-state index >= 15 is 0 Å². The van der Waals surface area contributed by atoms with E-state index < -0.39 is 0 Å². The Labute approximate surface area is 203 Å². The fourth-order valence-electron chi connectivity index (χ4n) is 5.67. The predicted molar refractivity (Wildman–Crippen MR) is 132 cm³/mol. The molecule has 0 bridgehead atoms. The number of fused-ring (bicyclic) bond motifs is 2. The second-order valence-corrected chi connectivity index (χ2v) is 9.94. The van der Waals surface area contributed by atoms with E-state index in [4.69, 9.17) is 14.7 Å². The molecule has 3 aliphatic rings. The van der Waals surface area contributed by atoms with E-state index in [9.17, 15) is 9.59 Å². The maximum Gasteiger partial charge on any atom is 0.263 e. The molecule has 3 aromatic rings.